The van der Waals surface area contributed by atoms with Crippen molar-refractivity contribution in [1.29, 1.82) is 0 Å². The summed E-state index contributed by atoms with van der Waals surface area (Å²) in [4.78, 5) is 26.4. The molecule has 0 aliphatic carbocycles. The second-order valence-electron chi connectivity index (χ2n) is 7.73. The minimum absolute atomic E-state index is 0.0000266. The fourth-order valence-electron chi connectivity index (χ4n) is 4.29. The number of hydrogen-bond acceptors (Lipinski definition) is 5. The van der Waals surface area contributed by atoms with Crippen molar-refractivity contribution in [2.45, 2.75) is 18.8 Å². The van der Waals surface area contributed by atoms with Crippen LogP contribution in [0.2, 0.25) is 0 Å². The Kier molecular flexibility index (Phi) is 5.62. The van der Waals surface area contributed by atoms with Crippen LogP contribution in [-0.4, -0.2) is 57.6 Å². The van der Waals surface area contributed by atoms with Crippen molar-refractivity contribution < 1.29 is 18.0 Å². The highest BCUT2D eigenvalue weighted by Crippen LogP contribution is 2.34. The zero-order valence-corrected chi connectivity index (χ0v) is 17.7. The van der Waals surface area contributed by atoms with Gasteiger partial charge < -0.3 is 5.32 Å². The highest BCUT2D eigenvalue weighted by molar-refractivity contribution is 7.92. The van der Waals surface area contributed by atoms with Gasteiger partial charge in [0.25, 0.3) is 11.8 Å². The van der Waals surface area contributed by atoms with Crippen LogP contribution in [0.4, 0.5) is 5.69 Å². The van der Waals surface area contributed by atoms with Gasteiger partial charge in [0.2, 0.25) is 10.0 Å². The summed E-state index contributed by atoms with van der Waals surface area (Å²) in [6.45, 7) is 1.81. The molecule has 0 unspecified atom stereocenters. The summed E-state index contributed by atoms with van der Waals surface area (Å²) in [6, 6.07) is 14.2. The number of para-hydroxylation sites is 1. The molecule has 1 N–H and O–H groups in total. The number of rotatable bonds is 6. The summed E-state index contributed by atoms with van der Waals surface area (Å²) in [6.07, 6.45) is 3.04. The van der Waals surface area contributed by atoms with E-state index in [0.717, 1.165) is 42.7 Å². The Morgan fingerprint density at radius 1 is 0.967 bits per heavy atom. The molecule has 0 radical (unpaired) electrons. The van der Waals surface area contributed by atoms with E-state index in [0.29, 0.717) is 16.8 Å². The lowest BCUT2D eigenvalue weighted by molar-refractivity contribution is 0.0659. The molecular weight excluding hydrogens is 402 g/mol. The second-order valence-corrected chi connectivity index (χ2v) is 9.63. The van der Waals surface area contributed by atoms with Crippen molar-refractivity contribution in [2.24, 2.45) is 0 Å². The number of benzene rings is 2. The third kappa shape index (κ3) is 3.85. The molecule has 2 heterocycles. The summed E-state index contributed by atoms with van der Waals surface area (Å²) in [5, 5.41) is 3.33. The third-order valence-corrected chi connectivity index (χ3v) is 6.97. The maximum atomic E-state index is 12.7. The zero-order chi connectivity index (χ0) is 21.3. The number of piperidine rings is 1. The number of amides is 2. The van der Waals surface area contributed by atoms with Gasteiger partial charge in [0, 0.05) is 6.54 Å². The molecule has 2 aliphatic heterocycles. The number of hydrogen-bond donors (Lipinski definition) is 1. The molecule has 0 bridgehead atoms. The molecular formula is C22H25N3O4S. The average Bonchev–Trinajstić information content (AvgIpc) is 2.99. The van der Waals surface area contributed by atoms with E-state index in [4.69, 9.17) is 0 Å². The minimum Gasteiger partial charge on any atom is -0.317 e. The van der Waals surface area contributed by atoms with Gasteiger partial charge in [-0.15, -0.1) is 0 Å². The van der Waals surface area contributed by atoms with E-state index in [2.05, 4.69) is 5.32 Å². The Morgan fingerprint density at radius 3 is 2.13 bits per heavy atom. The number of carbonyl (C=O) groups is 2. The van der Waals surface area contributed by atoms with E-state index in [1.165, 1.54) is 4.31 Å². The van der Waals surface area contributed by atoms with Crippen LogP contribution in [0, 0.1) is 0 Å². The standard InChI is InChI=1S/C22H25N3O4S/c1-30(28,29)25(20-9-5-4-6-17(20)16-10-12-23-13-11-16)15-14-24-21(26)18-7-2-3-8-19(18)22(24)27/h2-9,16,23H,10-15H2,1H3. The Bertz CT molecular complexity index is 1040. The Hall–Kier alpha value is -2.71. The van der Waals surface area contributed by atoms with Crippen molar-refractivity contribution in [1.82, 2.24) is 10.2 Å². The van der Waals surface area contributed by atoms with Crippen LogP contribution in [0.5, 0.6) is 0 Å². The van der Waals surface area contributed by atoms with Crippen molar-refractivity contribution in [3.63, 3.8) is 0 Å². The summed E-state index contributed by atoms with van der Waals surface area (Å²) in [5.74, 6) is -0.489. The molecule has 7 nitrogen and oxygen atoms in total. The van der Waals surface area contributed by atoms with Gasteiger partial charge in [0.15, 0.2) is 0 Å². The van der Waals surface area contributed by atoms with Crippen molar-refractivity contribution in [2.75, 3.05) is 36.7 Å². The molecule has 2 aromatic carbocycles. The predicted octanol–water partition coefficient (Wildman–Crippen LogP) is 2.22. The normalized spacial score (nSPS) is 17.3. The monoisotopic (exact) mass is 427 g/mol. The van der Waals surface area contributed by atoms with Crippen LogP contribution >= 0.6 is 0 Å². The molecule has 4 rings (SSSR count). The van der Waals surface area contributed by atoms with Crippen molar-refractivity contribution >= 4 is 27.5 Å². The van der Waals surface area contributed by atoms with Crippen molar-refractivity contribution in [3.8, 4) is 0 Å². The van der Waals surface area contributed by atoms with Gasteiger partial charge in [-0.2, -0.15) is 0 Å². The van der Waals surface area contributed by atoms with Crippen LogP contribution in [0.15, 0.2) is 48.5 Å². The molecule has 2 amide bonds. The number of sulfonamides is 1. The number of anilines is 1. The highest BCUT2D eigenvalue weighted by atomic mass is 32.2. The molecule has 1 fully saturated rings. The topological polar surface area (TPSA) is 86.8 Å². The Labute approximate surface area is 176 Å². The van der Waals surface area contributed by atoms with E-state index in [9.17, 15) is 18.0 Å². The molecule has 0 saturated carbocycles. The first-order chi connectivity index (χ1) is 14.4. The molecule has 0 atom stereocenters. The van der Waals surface area contributed by atoms with Crippen LogP contribution < -0.4 is 9.62 Å². The van der Waals surface area contributed by atoms with Gasteiger partial charge in [-0.1, -0.05) is 30.3 Å². The van der Waals surface area contributed by atoms with Gasteiger partial charge >= 0.3 is 0 Å². The summed E-state index contributed by atoms with van der Waals surface area (Å²) in [5.41, 5.74) is 2.35. The third-order valence-electron chi connectivity index (χ3n) is 5.79. The lowest BCUT2D eigenvalue weighted by Gasteiger charge is -2.30. The van der Waals surface area contributed by atoms with Crippen LogP contribution in [0.3, 0.4) is 0 Å². The van der Waals surface area contributed by atoms with Crippen LogP contribution in [0.25, 0.3) is 0 Å². The van der Waals surface area contributed by atoms with Gasteiger partial charge in [-0.3, -0.25) is 18.8 Å². The van der Waals surface area contributed by atoms with Gasteiger partial charge in [0.1, 0.15) is 0 Å². The molecule has 0 spiro atoms. The van der Waals surface area contributed by atoms with Crippen LogP contribution in [0.1, 0.15) is 45.0 Å². The first kappa shape index (κ1) is 20.6. The molecule has 1 saturated heterocycles. The maximum absolute atomic E-state index is 12.7. The highest BCUT2D eigenvalue weighted by Gasteiger charge is 2.36. The first-order valence-corrected chi connectivity index (χ1v) is 12.0. The molecule has 158 valence electrons. The summed E-state index contributed by atoms with van der Waals surface area (Å²) in [7, 11) is -3.60. The largest absolute Gasteiger partial charge is 0.317 e. The van der Waals surface area contributed by atoms with E-state index in [1.807, 2.05) is 18.2 Å². The fraction of sp³-hybridized carbons (Fsp3) is 0.364. The summed E-state index contributed by atoms with van der Waals surface area (Å²) < 4.78 is 26.7. The predicted molar refractivity (Wildman–Crippen MR) is 115 cm³/mol. The van der Waals surface area contributed by atoms with Crippen molar-refractivity contribution in [3.05, 3.63) is 65.2 Å². The summed E-state index contributed by atoms with van der Waals surface area (Å²) >= 11 is 0. The Morgan fingerprint density at radius 2 is 1.53 bits per heavy atom. The fourth-order valence-corrected chi connectivity index (χ4v) is 5.23. The lowest BCUT2D eigenvalue weighted by Crippen LogP contribution is -2.41. The first-order valence-electron chi connectivity index (χ1n) is 10.1. The number of carbonyl (C=O) groups excluding carboxylic acids is 2. The van der Waals surface area contributed by atoms with Gasteiger partial charge in [0.05, 0.1) is 29.6 Å². The van der Waals surface area contributed by atoms with Crippen LogP contribution in [-0.2, 0) is 10.0 Å². The van der Waals surface area contributed by atoms with E-state index < -0.39 is 10.0 Å². The Balaban J connectivity index is 1.60. The van der Waals surface area contributed by atoms with E-state index in [-0.39, 0.29) is 30.8 Å². The SMILES string of the molecule is CS(=O)(=O)N(CCN1C(=O)c2ccccc2C1=O)c1ccccc1C1CCNCC1. The quantitative estimate of drug-likeness (QED) is 0.715. The maximum Gasteiger partial charge on any atom is 0.261 e. The van der Waals surface area contributed by atoms with Gasteiger partial charge in [-0.25, -0.2) is 8.42 Å². The number of imide groups is 1. The molecule has 30 heavy (non-hydrogen) atoms. The number of fused-ring (bicyclic) bond motifs is 1. The number of nitrogens with zero attached hydrogens (tertiary/aromatic N) is 2. The molecule has 2 aromatic rings. The van der Waals surface area contributed by atoms with Gasteiger partial charge in [-0.05, 0) is 55.6 Å². The second kappa shape index (κ2) is 8.20. The smallest absolute Gasteiger partial charge is 0.261 e. The molecule has 2 aliphatic rings. The lowest BCUT2D eigenvalue weighted by atomic mass is 9.89. The average molecular weight is 428 g/mol. The molecule has 0 aromatic heterocycles. The zero-order valence-electron chi connectivity index (χ0n) is 16.9. The molecule has 8 heteroatoms. The van der Waals surface area contributed by atoms with E-state index in [1.54, 1.807) is 30.3 Å². The number of nitrogens with one attached hydrogen (secondary N) is 1. The van der Waals surface area contributed by atoms with E-state index >= 15 is 0 Å². The minimum atomic E-state index is -3.60.